The van der Waals surface area contributed by atoms with Crippen molar-refractivity contribution in [2.24, 2.45) is 7.05 Å². The van der Waals surface area contributed by atoms with Gasteiger partial charge < -0.3 is 4.90 Å². The SMILES string of the molecule is Cc1nc2c(C)cc(F)cn2c1C(=O)N1CCc2c(nn(C)c2-c2cc(F)c(F)c(F)c2)C1. The van der Waals surface area contributed by atoms with E-state index >= 15 is 0 Å². The van der Waals surface area contributed by atoms with E-state index in [1.54, 1.807) is 25.8 Å². The number of imidazole rings is 1. The van der Waals surface area contributed by atoms with E-state index in [0.717, 1.165) is 17.7 Å². The highest BCUT2D eigenvalue weighted by atomic mass is 19.2. The molecule has 1 aliphatic rings. The molecule has 6 nitrogen and oxygen atoms in total. The highest BCUT2D eigenvalue weighted by Gasteiger charge is 2.30. The van der Waals surface area contributed by atoms with Gasteiger partial charge in [-0.1, -0.05) is 0 Å². The first kappa shape index (κ1) is 21.2. The number of hydrogen-bond acceptors (Lipinski definition) is 3. The molecular weight excluding hydrogens is 438 g/mol. The van der Waals surface area contributed by atoms with Gasteiger partial charge in [-0.25, -0.2) is 22.5 Å². The number of pyridine rings is 1. The van der Waals surface area contributed by atoms with Crippen molar-refractivity contribution >= 4 is 11.6 Å². The zero-order valence-electron chi connectivity index (χ0n) is 18.1. The van der Waals surface area contributed by atoms with E-state index < -0.39 is 23.3 Å². The van der Waals surface area contributed by atoms with Crippen LogP contribution < -0.4 is 0 Å². The molecule has 0 saturated carbocycles. The van der Waals surface area contributed by atoms with E-state index in [1.807, 2.05) is 0 Å². The summed E-state index contributed by atoms with van der Waals surface area (Å²) >= 11 is 0. The summed E-state index contributed by atoms with van der Waals surface area (Å²) in [5.74, 6) is -4.87. The molecule has 1 aliphatic heterocycles. The fourth-order valence-corrected chi connectivity index (χ4v) is 4.54. The molecule has 0 radical (unpaired) electrons. The van der Waals surface area contributed by atoms with Crippen LogP contribution in [0.3, 0.4) is 0 Å². The van der Waals surface area contributed by atoms with Gasteiger partial charge in [-0.15, -0.1) is 0 Å². The lowest BCUT2D eigenvalue weighted by molar-refractivity contribution is 0.0724. The zero-order valence-corrected chi connectivity index (χ0v) is 18.1. The smallest absolute Gasteiger partial charge is 0.273 e. The summed E-state index contributed by atoms with van der Waals surface area (Å²) in [7, 11) is 1.62. The fourth-order valence-electron chi connectivity index (χ4n) is 4.54. The van der Waals surface area contributed by atoms with E-state index in [2.05, 4.69) is 10.1 Å². The molecule has 0 unspecified atom stereocenters. The summed E-state index contributed by atoms with van der Waals surface area (Å²) in [6.07, 6.45) is 1.62. The minimum Gasteiger partial charge on any atom is -0.331 e. The number of carbonyl (C=O) groups is 1. The van der Waals surface area contributed by atoms with Crippen molar-refractivity contribution in [1.82, 2.24) is 24.1 Å². The highest BCUT2D eigenvalue weighted by Crippen LogP contribution is 2.32. The van der Waals surface area contributed by atoms with E-state index in [4.69, 9.17) is 0 Å². The number of rotatable bonds is 2. The van der Waals surface area contributed by atoms with Crippen molar-refractivity contribution in [3.63, 3.8) is 0 Å². The first-order valence-electron chi connectivity index (χ1n) is 10.3. The maximum Gasteiger partial charge on any atom is 0.273 e. The van der Waals surface area contributed by atoms with Crippen molar-refractivity contribution in [2.75, 3.05) is 6.54 Å². The van der Waals surface area contributed by atoms with Gasteiger partial charge >= 0.3 is 0 Å². The lowest BCUT2D eigenvalue weighted by Crippen LogP contribution is -2.37. The number of halogens is 4. The molecule has 0 fully saturated rings. The van der Waals surface area contributed by atoms with Crippen LogP contribution >= 0.6 is 0 Å². The van der Waals surface area contributed by atoms with Gasteiger partial charge in [0.2, 0.25) is 0 Å². The molecule has 10 heteroatoms. The Morgan fingerprint density at radius 3 is 2.45 bits per heavy atom. The molecule has 33 heavy (non-hydrogen) atoms. The number of aromatic nitrogens is 4. The first-order valence-corrected chi connectivity index (χ1v) is 10.3. The topological polar surface area (TPSA) is 55.4 Å². The summed E-state index contributed by atoms with van der Waals surface area (Å²) in [6.45, 7) is 3.90. The molecule has 0 aliphatic carbocycles. The lowest BCUT2D eigenvalue weighted by Gasteiger charge is -2.26. The molecule has 4 aromatic rings. The Hall–Kier alpha value is -3.69. The van der Waals surface area contributed by atoms with Crippen molar-refractivity contribution in [3.8, 4) is 11.3 Å². The Bertz CT molecular complexity index is 1430. The number of benzene rings is 1. The van der Waals surface area contributed by atoms with Crippen LogP contribution in [0.25, 0.3) is 16.9 Å². The Morgan fingerprint density at radius 1 is 1.06 bits per heavy atom. The zero-order chi connectivity index (χ0) is 23.6. The molecule has 0 N–H and O–H groups in total. The van der Waals surface area contributed by atoms with Gasteiger partial charge in [0, 0.05) is 30.9 Å². The van der Waals surface area contributed by atoms with Gasteiger partial charge in [-0.05, 0) is 44.0 Å². The second-order valence-corrected chi connectivity index (χ2v) is 8.21. The van der Waals surface area contributed by atoms with Crippen LogP contribution in [0.2, 0.25) is 0 Å². The molecule has 1 amide bonds. The predicted octanol–water partition coefficient (Wildman–Crippen LogP) is 4.11. The van der Waals surface area contributed by atoms with Gasteiger partial charge in [-0.2, -0.15) is 5.10 Å². The van der Waals surface area contributed by atoms with Crippen LogP contribution in [0.4, 0.5) is 17.6 Å². The summed E-state index contributed by atoms with van der Waals surface area (Å²) in [5.41, 5.74) is 3.84. The monoisotopic (exact) mass is 457 g/mol. The normalized spacial score (nSPS) is 13.6. The Labute approximate surface area is 186 Å². The van der Waals surface area contributed by atoms with Gasteiger partial charge in [-0.3, -0.25) is 13.9 Å². The maximum atomic E-state index is 14.0. The molecule has 3 aromatic heterocycles. The summed E-state index contributed by atoms with van der Waals surface area (Å²) in [6, 6.07) is 3.23. The summed E-state index contributed by atoms with van der Waals surface area (Å²) in [4.78, 5) is 19.4. The lowest BCUT2D eigenvalue weighted by atomic mass is 9.99. The van der Waals surface area contributed by atoms with Gasteiger partial charge in [0.15, 0.2) is 17.5 Å². The van der Waals surface area contributed by atoms with Crippen molar-refractivity contribution in [2.45, 2.75) is 26.8 Å². The molecule has 0 bridgehead atoms. The first-order chi connectivity index (χ1) is 15.7. The van der Waals surface area contributed by atoms with E-state index in [-0.39, 0.29) is 23.7 Å². The number of fused-ring (bicyclic) bond motifs is 2. The van der Waals surface area contributed by atoms with Crippen LogP contribution in [0.15, 0.2) is 24.4 Å². The van der Waals surface area contributed by atoms with Crippen LogP contribution in [0.1, 0.15) is 33.0 Å². The standard InChI is InChI=1S/C23H19F4N5O/c1-11-6-14(24)9-32-20(12(2)28-22(11)32)23(33)31-5-4-15-18(10-31)29-30(3)21(15)13-7-16(25)19(27)17(26)8-13/h6-9H,4-5,10H2,1-3H3. The Morgan fingerprint density at radius 2 is 1.76 bits per heavy atom. The number of nitrogens with zero attached hydrogens (tertiary/aromatic N) is 5. The number of amides is 1. The third-order valence-corrected chi connectivity index (χ3v) is 5.99. The fraction of sp³-hybridized carbons (Fsp3) is 0.261. The molecule has 0 atom stereocenters. The number of hydrogen-bond donors (Lipinski definition) is 0. The minimum atomic E-state index is -1.53. The molecule has 1 aromatic carbocycles. The minimum absolute atomic E-state index is 0.162. The van der Waals surface area contributed by atoms with Crippen LogP contribution in [-0.2, 0) is 20.0 Å². The maximum absolute atomic E-state index is 14.0. The largest absolute Gasteiger partial charge is 0.331 e. The van der Waals surface area contributed by atoms with Crippen LogP contribution in [0.5, 0.6) is 0 Å². The number of aryl methyl sites for hydroxylation is 3. The van der Waals surface area contributed by atoms with Crippen molar-refractivity contribution < 1.29 is 22.4 Å². The quantitative estimate of drug-likeness (QED) is 0.336. The Kier molecular flexibility index (Phi) is 4.77. The summed E-state index contributed by atoms with van der Waals surface area (Å²) < 4.78 is 58.0. The molecule has 5 rings (SSSR count). The van der Waals surface area contributed by atoms with E-state index in [9.17, 15) is 22.4 Å². The second-order valence-electron chi connectivity index (χ2n) is 8.21. The average Bonchev–Trinajstić information content (AvgIpc) is 3.26. The predicted molar refractivity (Wildman–Crippen MR) is 112 cm³/mol. The highest BCUT2D eigenvalue weighted by molar-refractivity contribution is 5.95. The van der Waals surface area contributed by atoms with E-state index in [1.165, 1.54) is 21.3 Å². The molecule has 170 valence electrons. The molecule has 4 heterocycles. The van der Waals surface area contributed by atoms with Crippen molar-refractivity contribution in [3.05, 3.63) is 75.9 Å². The van der Waals surface area contributed by atoms with Crippen LogP contribution in [0, 0.1) is 37.1 Å². The molecule has 0 saturated heterocycles. The van der Waals surface area contributed by atoms with Gasteiger partial charge in [0.05, 0.1) is 23.6 Å². The molecular formula is C23H19F4N5O. The Balaban J connectivity index is 1.51. The second kappa shape index (κ2) is 7.43. The van der Waals surface area contributed by atoms with Gasteiger partial charge in [0.25, 0.3) is 5.91 Å². The third-order valence-electron chi connectivity index (χ3n) is 5.99. The van der Waals surface area contributed by atoms with E-state index in [0.29, 0.717) is 41.3 Å². The average molecular weight is 457 g/mol. The molecule has 0 spiro atoms. The number of carbonyl (C=O) groups excluding carboxylic acids is 1. The van der Waals surface area contributed by atoms with Gasteiger partial charge in [0.1, 0.15) is 17.2 Å². The summed E-state index contributed by atoms with van der Waals surface area (Å²) in [5, 5.41) is 4.44. The van der Waals surface area contributed by atoms with Crippen LogP contribution in [-0.4, -0.2) is 36.5 Å². The van der Waals surface area contributed by atoms with Crippen molar-refractivity contribution in [1.29, 1.82) is 0 Å². The third kappa shape index (κ3) is 3.28.